The van der Waals surface area contributed by atoms with Gasteiger partial charge in [-0.3, -0.25) is 9.78 Å². The lowest BCUT2D eigenvalue weighted by Crippen LogP contribution is -2.39. The first-order valence-corrected chi connectivity index (χ1v) is 9.10. The molecule has 1 aliphatic rings. The van der Waals surface area contributed by atoms with Crippen LogP contribution in [0.2, 0.25) is 0 Å². The van der Waals surface area contributed by atoms with Crippen LogP contribution < -0.4 is 10.2 Å². The number of amides is 1. The fourth-order valence-corrected chi connectivity index (χ4v) is 3.46. The molecule has 152 valence electrons. The monoisotopic (exact) mass is 406 g/mol. The number of hydrogen-bond acceptors (Lipinski definition) is 3. The summed E-state index contributed by atoms with van der Waals surface area (Å²) in [6.45, 7) is 2.10. The van der Waals surface area contributed by atoms with E-state index in [4.69, 9.17) is 0 Å². The lowest BCUT2D eigenvalue weighted by atomic mass is 10.1. The number of carbonyl (C=O) groups excluding carboxylic acids is 1. The minimum absolute atomic E-state index is 0.174. The Kier molecular flexibility index (Phi) is 4.68. The van der Waals surface area contributed by atoms with Gasteiger partial charge in [-0.2, -0.15) is 0 Å². The highest BCUT2D eigenvalue weighted by Crippen LogP contribution is 2.32. The highest BCUT2D eigenvalue weighted by atomic mass is 19.3. The van der Waals surface area contributed by atoms with Crippen molar-refractivity contribution in [2.75, 3.05) is 23.3 Å². The predicted molar refractivity (Wildman–Crippen MR) is 102 cm³/mol. The molecule has 4 rings (SSSR count). The number of aromatic nitrogens is 2. The van der Waals surface area contributed by atoms with Crippen LogP contribution in [-0.4, -0.2) is 34.9 Å². The van der Waals surface area contributed by atoms with Crippen LogP contribution in [0.5, 0.6) is 0 Å². The van der Waals surface area contributed by atoms with Gasteiger partial charge in [0, 0.05) is 49.8 Å². The number of H-pyrrole nitrogens is 1. The maximum absolute atomic E-state index is 13.6. The van der Waals surface area contributed by atoms with Crippen molar-refractivity contribution < 1.29 is 22.4 Å². The van der Waals surface area contributed by atoms with Gasteiger partial charge in [0.2, 0.25) is 0 Å². The predicted octanol–water partition coefficient (Wildman–Crippen LogP) is 4.64. The Labute approximate surface area is 163 Å². The Balaban J connectivity index is 1.58. The van der Waals surface area contributed by atoms with Gasteiger partial charge in [0.25, 0.3) is 11.8 Å². The number of pyridine rings is 1. The largest absolute Gasteiger partial charge is 0.370 e. The minimum Gasteiger partial charge on any atom is -0.370 e. The Morgan fingerprint density at radius 3 is 2.59 bits per heavy atom. The number of piperidine rings is 1. The van der Waals surface area contributed by atoms with Crippen molar-refractivity contribution in [2.24, 2.45) is 0 Å². The molecule has 1 amide bonds. The standard InChI is InChI=1S/C20H18F4N4O/c1-11-18(28-4-2-20(23,24)3-5-28)6-12(9-25-11)19(29)27-17-10-26-16-8-15(22)14(21)7-13(16)17/h6-10,26H,2-5H2,1H3,(H,27,29). The number of fused-ring (bicyclic) bond motifs is 1. The van der Waals surface area contributed by atoms with Crippen LogP contribution in [0.1, 0.15) is 28.9 Å². The summed E-state index contributed by atoms with van der Waals surface area (Å²) in [6.07, 6.45) is 2.33. The molecule has 1 fully saturated rings. The highest BCUT2D eigenvalue weighted by Gasteiger charge is 2.34. The van der Waals surface area contributed by atoms with Crippen molar-refractivity contribution in [1.29, 1.82) is 0 Å². The van der Waals surface area contributed by atoms with Gasteiger partial charge >= 0.3 is 0 Å². The second kappa shape index (κ2) is 7.06. The molecule has 1 saturated heterocycles. The van der Waals surface area contributed by atoms with Crippen LogP contribution in [0.15, 0.2) is 30.6 Å². The van der Waals surface area contributed by atoms with Crippen molar-refractivity contribution in [2.45, 2.75) is 25.7 Å². The minimum atomic E-state index is -2.67. The van der Waals surface area contributed by atoms with Gasteiger partial charge in [0.1, 0.15) is 0 Å². The number of rotatable bonds is 3. The zero-order chi connectivity index (χ0) is 20.8. The SMILES string of the molecule is Cc1ncc(C(=O)Nc2c[nH]c3cc(F)c(F)cc23)cc1N1CCC(F)(F)CC1. The van der Waals surface area contributed by atoms with E-state index in [0.717, 1.165) is 12.1 Å². The number of aromatic amines is 1. The molecule has 2 aromatic heterocycles. The van der Waals surface area contributed by atoms with E-state index in [9.17, 15) is 22.4 Å². The van der Waals surface area contributed by atoms with Gasteiger partial charge in [0.05, 0.1) is 28.1 Å². The summed E-state index contributed by atoms with van der Waals surface area (Å²) >= 11 is 0. The zero-order valence-electron chi connectivity index (χ0n) is 15.5. The fourth-order valence-electron chi connectivity index (χ4n) is 3.46. The number of benzene rings is 1. The van der Waals surface area contributed by atoms with Gasteiger partial charge in [-0.15, -0.1) is 0 Å². The van der Waals surface area contributed by atoms with E-state index >= 15 is 0 Å². The molecule has 0 bridgehead atoms. The van der Waals surface area contributed by atoms with Gasteiger partial charge < -0.3 is 15.2 Å². The third-order valence-corrected chi connectivity index (χ3v) is 5.13. The van der Waals surface area contributed by atoms with Crippen molar-refractivity contribution >= 4 is 28.2 Å². The smallest absolute Gasteiger partial charge is 0.257 e. The average Bonchev–Trinajstić information content (AvgIpc) is 3.04. The summed E-state index contributed by atoms with van der Waals surface area (Å²) in [5, 5.41) is 2.98. The van der Waals surface area contributed by atoms with E-state index in [2.05, 4.69) is 15.3 Å². The first kappa shape index (κ1) is 19.2. The van der Waals surface area contributed by atoms with Crippen LogP contribution in [0.3, 0.4) is 0 Å². The maximum atomic E-state index is 13.6. The number of carbonyl (C=O) groups is 1. The number of nitrogens with zero attached hydrogens (tertiary/aromatic N) is 2. The number of halogens is 4. The number of alkyl halides is 2. The summed E-state index contributed by atoms with van der Waals surface area (Å²) < 4.78 is 53.8. The average molecular weight is 406 g/mol. The van der Waals surface area contributed by atoms with Crippen molar-refractivity contribution in [1.82, 2.24) is 9.97 Å². The summed E-state index contributed by atoms with van der Waals surface area (Å²) in [4.78, 5) is 21.5. The third kappa shape index (κ3) is 3.76. The normalized spacial score (nSPS) is 16.2. The fraction of sp³-hybridized carbons (Fsp3) is 0.300. The van der Waals surface area contributed by atoms with E-state index in [1.165, 1.54) is 12.4 Å². The van der Waals surface area contributed by atoms with E-state index in [1.54, 1.807) is 17.9 Å². The highest BCUT2D eigenvalue weighted by molar-refractivity contribution is 6.09. The quantitative estimate of drug-likeness (QED) is 0.623. The molecule has 1 aliphatic heterocycles. The van der Waals surface area contributed by atoms with Crippen LogP contribution >= 0.6 is 0 Å². The van der Waals surface area contributed by atoms with Crippen molar-refractivity contribution in [3.05, 3.63) is 53.5 Å². The summed E-state index contributed by atoms with van der Waals surface area (Å²) in [5.74, 6) is -5.17. The Bertz CT molecular complexity index is 1090. The van der Waals surface area contributed by atoms with Gasteiger partial charge in [0.15, 0.2) is 11.6 Å². The molecule has 0 aliphatic carbocycles. The number of nitrogens with one attached hydrogen (secondary N) is 2. The molecule has 9 heteroatoms. The summed E-state index contributed by atoms with van der Waals surface area (Å²) in [7, 11) is 0. The molecule has 0 saturated carbocycles. The van der Waals surface area contributed by atoms with Gasteiger partial charge in [-0.05, 0) is 19.1 Å². The maximum Gasteiger partial charge on any atom is 0.257 e. The second-order valence-corrected chi connectivity index (χ2v) is 7.14. The molecular weight excluding hydrogens is 388 g/mol. The van der Waals surface area contributed by atoms with E-state index in [-0.39, 0.29) is 31.5 Å². The molecular formula is C20H18F4N4O. The number of aryl methyl sites for hydroxylation is 1. The van der Waals surface area contributed by atoms with Crippen LogP contribution in [0.4, 0.5) is 28.9 Å². The number of anilines is 2. The van der Waals surface area contributed by atoms with Crippen molar-refractivity contribution in [3.63, 3.8) is 0 Å². The molecule has 0 atom stereocenters. The van der Waals surface area contributed by atoms with Crippen molar-refractivity contribution in [3.8, 4) is 0 Å². The lowest BCUT2D eigenvalue weighted by molar-refractivity contribution is -0.0220. The molecule has 5 nitrogen and oxygen atoms in total. The Morgan fingerprint density at radius 1 is 1.17 bits per heavy atom. The van der Waals surface area contributed by atoms with Gasteiger partial charge in [-0.25, -0.2) is 17.6 Å². The molecule has 3 aromatic rings. The zero-order valence-corrected chi connectivity index (χ0v) is 15.5. The molecule has 0 unspecified atom stereocenters. The van der Waals surface area contributed by atoms with Crippen LogP contribution in [-0.2, 0) is 0 Å². The van der Waals surface area contributed by atoms with Crippen LogP contribution in [0.25, 0.3) is 10.9 Å². The summed E-state index contributed by atoms with van der Waals surface area (Å²) in [6, 6.07) is 3.62. The lowest BCUT2D eigenvalue weighted by Gasteiger charge is -2.34. The molecule has 0 spiro atoms. The van der Waals surface area contributed by atoms with Gasteiger partial charge in [-0.1, -0.05) is 0 Å². The van der Waals surface area contributed by atoms with E-state index < -0.39 is 23.5 Å². The van der Waals surface area contributed by atoms with E-state index in [0.29, 0.717) is 28.0 Å². The second-order valence-electron chi connectivity index (χ2n) is 7.14. The third-order valence-electron chi connectivity index (χ3n) is 5.13. The molecule has 2 N–H and O–H groups in total. The molecule has 0 radical (unpaired) electrons. The number of hydrogen-bond donors (Lipinski definition) is 2. The Hall–Kier alpha value is -3.10. The molecule has 3 heterocycles. The molecule has 1 aromatic carbocycles. The summed E-state index contributed by atoms with van der Waals surface area (Å²) in [5.41, 5.74) is 2.14. The topological polar surface area (TPSA) is 61.0 Å². The first-order chi connectivity index (χ1) is 13.7. The first-order valence-electron chi connectivity index (χ1n) is 9.10. The Morgan fingerprint density at radius 2 is 1.86 bits per heavy atom. The van der Waals surface area contributed by atoms with E-state index in [1.807, 2.05) is 0 Å². The van der Waals surface area contributed by atoms with Crippen LogP contribution in [0, 0.1) is 18.6 Å². The molecule has 29 heavy (non-hydrogen) atoms.